The Morgan fingerprint density at radius 3 is 1.44 bits per heavy atom. The normalized spacial score (nSPS) is 33.0. The van der Waals surface area contributed by atoms with Crippen LogP contribution in [0.25, 0.3) is 10.8 Å². The number of rotatable bonds is 12. The van der Waals surface area contributed by atoms with Crippen LogP contribution in [-0.2, 0) is 55.7 Å². The van der Waals surface area contributed by atoms with Crippen LogP contribution in [0.15, 0.2) is 48.5 Å². The highest BCUT2D eigenvalue weighted by molar-refractivity contribution is 5.97. The van der Waals surface area contributed by atoms with E-state index in [-0.39, 0.29) is 60.8 Å². The minimum absolute atomic E-state index is 0.0214. The number of fused-ring (bicyclic) bond motifs is 1. The highest BCUT2D eigenvalue weighted by Crippen LogP contribution is 2.67. The van der Waals surface area contributed by atoms with Gasteiger partial charge in [0.1, 0.15) is 11.5 Å². The number of ether oxygens (including phenoxy) is 6. The van der Waals surface area contributed by atoms with Crippen molar-refractivity contribution in [3.8, 4) is 34.5 Å². The van der Waals surface area contributed by atoms with E-state index in [1.54, 1.807) is 24.3 Å². The Morgan fingerprint density at radius 2 is 1.04 bits per heavy atom. The molecule has 14 nitrogen and oxygen atoms in total. The molecule has 14 heteroatoms. The van der Waals surface area contributed by atoms with Crippen molar-refractivity contribution >= 4 is 34.3 Å². The zero-order chi connectivity index (χ0) is 47.6. The van der Waals surface area contributed by atoms with Gasteiger partial charge in [0.15, 0.2) is 46.8 Å². The second-order valence-corrected chi connectivity index (χ2v) is 22.3. The highest BCUT2D eigenvalue weighted by atomic mass is 16.6. The maximum absolute atomic E-state index is 13.9. The molecular formula is C56H58N2O12. The Morgan fingerprint density at radius 1 is 0.614 bits per heavy atom. The number of piperidine rings is 2. The first-order chi connectivity index (χ1) is 33.9. The molecule has 8 atom stereocenters. The van der Waals surface area contributed by atoms with Gasteiger partial charge in [0.25, 0.3) is 0 Å². The van der Waals surface area contributed by atoms with Crippen molar-refractivity contribution in [3.63, 3.8) is 0 Å². The van der Waals surface area contributed by atoms with E-state index in [4.69, 9.17) is 28.4 Å². The van der Waals surface area contributed by atoms with Crippen LogP contribution in [0, 0.1) is 11.8 Å². The molecule has 6 fully saturated rings. The predicted molar refractivity (Wildman–Crippen MR) is 252 cm³/mol. The average molecular weight is 951 g/mol. The summed E-state index contributed by atoms with van der Waals surface area (Å²) >= 11 is 0. The molecule has 4 saturated carbocycles. The van der Waals surface area contributed by atoms with Crippen LogP contribution in [0.1, 0.15) is 97.6 Å². The quantitative estimate of drug-likeness (QED) is 0.136. The second kappa shape index (κ2) is 15.0. The summed E-state index contributed by atoms with van der Waals surface area (Å²) in [4.78, 5) is 60.1. The minimum atomic E-state index is -1.13. The van der Waals surface area contributed by atoms with Crippen LogP contribution in [0.2, 0.25) is 0 Å². The van der Waals surface area contributed by atoms with Crippen LogP contribution in [0.5, 0.6) is 34.5 Å². The topological polar surface area (TPSA) is 171 Å². The second-order valence-electron chi connectivity index (χ2n) is 22.3. The van der Waals surface area contributed by atoms with Gasteiger partial charge in [0, 0.05) is 71.0 Å². The Hall–Kier alpha value is -5.54. The third-order valence-electron chi connectivity index (χ3n) is 18.9. The zero-order valence-corrected chi connectivity index (χ0v) is 39.7. The monoisotopic (exact) mass is 950 g/mol. The summed E-state index contributed by atoms with van der Waals surface area (Å²) < 4.78 is 37.2. The molecule has 6 aliphatic carbocycles. The maximum Gasteiger partial charge on any atom is 0.315 e. The molecule has 4 heterocycles. The van der Waals surface area contributed by atoms with E-state index in [1.165, 1.54) is 39.9 Å². The molecule has 0 amide bonds. The molecule has 2 spiro atoms. The third kappa shape index (κ3) is 5.76. The zero-order valence-electron chi connectivity index (χ0n) is 39.7. The Labute approximate surface area is 405 Å². The lowest BCUT2D eigenvalue weighted by molar-refractivity contribution is -0.188. The Bertz CT molecular complexity index is 2800. The van der Waals surface area contributed by atoms with Crippen molar-refractivity contribution < 1.29 is 57.8 Å². The van der Waals surface area contributed by atoms with E-state index in [2.05, 4.69) is 9.80 Å². The number of aliphatic hydroxyl groups is 2. The van der Waals surface area contributed by atoms with Gasteiger partial charge in [-0.1, -0.05) is 36.4 Å². The minimum Gasteiger partial charge on any atom is -0.496 e. The Balaban J connectivity index is 0.713. The van der Waals surface area contributed by atoms with Gasteiger partial charge in [-0.05, 0) is 112 Å². The van der Waals surface area contributed by atoms with Crippen molar-refractivity contribution in [1.82, 2.24) is 9.80 Å². The van der Waals surface area contributed by atoms with Gasteiger partial charge < -0.3 is 38.6 Å². The van der Waals surface area contributed by atoms with Gasteiger partial charge in [-0.25, -0.2) is 0 Å². The van der Waals surface area contributed by atoms with Crippen LogP contribution < -0.4 is 28.4 Å². The van der Waals surface area contributed by atoms with Crippen LogP contribution >= 0.6 is 0 Å². The number of carbonyl (C=O) groups is 4. The molecule has 10 aliphatic rings. The first-order valence-corrected chi connectivity index (χ1v) is 25.6. The van der Waals surface area contributed by atoms with Crippen LogP contribution in [0.4, 0.5) is 0 Å². The molecule has 2 N–H and O–H groups in total. The lowest BCUT2D eigenvalue weighted by Crippen LogP contribution is -2.76. The standard InChI is InChI=1S/C56H58N2O12/c1-65-47-33(25-43(61)67-39-13-9-31-23-41-55(63)17-15-37(59)51-53(55,45(31)49(39)69-51)19-21-57(41)27-29-3-4-29)7-12-36-35(47)11-8-34(48(36)66-2)26-44(62)68-40-14-10-32-24-42-56(64)18-16-38(60)52-54(56,46(32)50(40)70-52)20-22-58(42)28-30-5-6-30/h7-14,29-30,41-42,51-52,63-64H,3-6,15-28H2,1-2H3/t41-,42-,51+,52+,53+,54+,55-,56-/m1/s1. The molecule has 14 rings (SSSR count). The van der Waals surface area contributed by atoms with E-state index >= 15 is 0 Å². The molecule has 4 aromatic carbocycles. The van der Waals surface area contributed by atoms with E-state index in [0.717, 1.165) is 48.4 Å². The van der Waals surface area contributed by atoms with Crippen molar-refractivity contribution in [1.29, 1.82) is 0 Å². The fraction of sp³-hybridized carbons (Fsp3) is 0.536. The number of hydrogen-bond donors (Lipinski definition) is 2. The number of benzene rings is 4. The van der Waals surface area contributed by atoms with Crippen molar-refractivity contribution in [2.24, 2.45) is 11.8 Å². The molecule has 4 aliphatic heterocycles. The average Bonchev–Trinajstić information content (AvgIpc) is 4.28. The fourth-order valence-electron chi connectivity index (χ4n) is 15.5. The summed E-state index contributed by atoms with van der Waals surface area (Å²) in [5.74, 6) is 2.35. The van der Waals surface area contributed by atoms with Crippen molar-refractivity contribution in [3.05, 3.63) is 81.9 Å². The summed E-state index contributed by atoms with van der Waals surface area (Å²) in [6, 6.07) is 14.5. The smallest absolute Gasteiger partial charge is 0.315 e. The van der Waals surface area contributed by atoms with Gasteiger partial charge >= 0.3 is 11.9 Å². The number of Topliss-reactive ketones (excluding diaryl/α,β-unsaturated/α-hetero) is 2. The maximum atomic E-state index is 13.9. The fourth-order valence-corrected chi connectivity index (χ4v) is 15.5. The molecule has 364 valence electrons. The summed E-state index contributed by atoms with van der Waals surface area (Å²) in [6.07, 6.45) is 6.71. The number of carbonyl (C=O) groups excluding carboxylic acids is 4. The van der Waals surface area contributed by atoms with Crippen LogP contribution in [-0.4, -0.2) is 119 Å². The number of hydrogen-bond acceptors (Lipinski definition) is 14. The van der Waals surface area contributed by atoms with E-state index < -0.39 is 46.2 Å². The van der Waals surface area contributed by atoms with Gasteiger partial charge in [0.2, 0.25) is 0 Å². The number of esters is 2. The van der Waals surface area contributed by atoms with Gasteiger partial charge in [0.05, 0.1) is 49.1 Å². The third-order valence-corrected chi connectivity index (χ3v) is 18.9. The molecule has 0 unspecified atom stereocenters. The predicted octanol–water partition coefficient (Wildman–Crippen LogP) is 5.42. The highest BCUT2D eigenvalue weighted by Gasteiger charge is 2.75. The summed E-state index contributed by atoms with van der Waals surface area (Å²) in [6.45, 7) is 3.49. The SMILES string of the molecule is COc1c(CC(=O)Oc2ccc3c4c2O[C@H]2C(=O)CC[C@@]5(O)[C@@H](C3)N(CC3CC3)CC[C@]425)ccc2c(OC)c(CC(=O)Oc3ccc4c5c3O[C@H]3C(=O)CC[C@@]6(O)[C@@H](C4)N(CC4CC4)CC[C@]536)ccc12. The van der Waals surface area contributed by atoms with Gasteiger partial charge in [-0.2, -0.15) is 0 Å². The van der Waals surface area contributed by atoms with E-state index in [0.29, 0.717) is 95.3 Å². The van der Waals surface area contributed by atoms with Crippen molar-refractivity contribution in [2.45, 2.75) is 136 Å². The number of likely N-dealkylation sites (tertiary alicyclic amines) is 2. The summed E-state index contributed by atoms with van der Waals surface area (Å²) in [7, 11) is 3.07. The molecule has 4 aromatic rings. The molecule has 2 saturated heterocycles. The summed E-state index contributed by atoms with van der Waals surface area (Å²) in [5.41, 5.74) is 0.865. The Kier molecular flexibility index (Phi) is 9.27. The number of nitrogens with zero attached hydrogens (tertiary/aromatic N) is 2. The summed E-state index contributed by atoms with van der Waals surface area (Å²) in [5, 5.41) is 26.7. The largest absolute Gasteiger partial charge is 0.496 e. The molecular weight excluding hydrogens is 893 g/mol. The molecule has 70 heavy (non-hydrogen) atoms. The first-order valence-electron chi connectivity index (χ1n) is 25.6. The van der Waals surface area contributed by atoms with E-state index in [1.807, 2.05) is 24.3 Å². The van der Waals surface area contributed by atoms with Crippen molar-refractivity contribution in [2.75, 3.05) is 40.4 Å². The number of methoxy groups -OCH3 is 2. The lowest BCUT2D eigenvalue weighted by atomic mass is 9.49. The van der Waals surface area contributed by atoms with Crippen LogP contribution in [0.3, 0.4) is 0 Å². The van der Waals surface area contributed by atoms with Gasteiger partial charge in [-0.15, -0.1) is 0 Å². The van der Waals surface area contributed by atoms with Gasteiger partial charge in [-0.3, -0.25) is 29.0 Å². The molecule has 0 aromatic heterocycles. The number of ketones is 2. The molecule has 4 bridgehead atoms. The first kappa shape index (κ1) is 43.3. The lowest BCUT2D eigenvalue weighted by Gasteiger charge is -2.62. The van der Waals surface area contributed by atoms with E-state index in [9.17, 15) is 29.4 Å². The molecule has 0 radical (unpaired) electrons.